The highest BCUT2D eigenvalue weighted by Crippen LogP contribution is 2.33. The van der Waals surface area contributed by atoms with Crippen molar-refractivity contribution in [2.24, 2.45) is 5.84 Å². The number of benzene rings is 1. The Bertz CT molecular complexity index is 1040. The van der Waals surface area contributed by atoms with Gasteiger partial charge in [-0.25, -0.2) is 0 Å². The zero-order valence-corrected chi connectivity index (χ0v) is 21.7. The molecule has 214 valence electrons. The quantitative estimate of drug-likeness (QED) is 0.0751. The number of carbonyl (C=O) groups is 5. The standard InChI is InChI=1S/C25H35N5O9/c26-28-9-3-11-37-13-15-38-14-12-36-10-2-8-27-21(32)16-39-19-5-1-4-17-22(19)25(35)30(24(17)34)18-6-7-20(31)29-23(18)33/h1,4-5,18,28H,2-3,6-16,26H2,(H,27,32)(H,29,31,33). The molecule has 2 aliphatic heterocycles. The number of ether oxygens (including phenoxy) is 4. The Morgan fingerprint density at radius 2 is 1.62 bits per heavy atom. The molecule has 5 amide bonds. The summed E-state index contributed by atoms with van der Waals surface area (Å²) in [6.07, 6.45) is 1.49. The molecule has 0 spiro atoms. The number of imide groups is 2. The molecule has 1 atom stereocenters. The van der Waals surface area contributed by atoms with E-state index in [1.165, 1.54) is 18.2 Å². The molecule has 1 fully saturated rings. The van der Waals surface area contributed by atoms with E-state index in [1.807, 2.05) is 0 Å². The molecule has 14 heteroatoms. The molecule has 3 rings (SSSR count). The number of piperidine rings is 1. The number of nitrogens with zero attached hydrogens (tertiary/aromatic N) is 1. The van der Waals surface area contributed by atoms with Crippen molar-refractivity contribution < 1.29 is 42.9 Å². The van der Waals surface area contributed by atoms with Crippen molar-refractivity contribution in [3.63, 3.8) is 0 Å². The summed E-state index contributed by atoms with van der Waals surface area (Å²) in [4.78, 5) is 62.6. The van der Waals surface area contributed by atoms with Crippen molar-refractivity contribution in [2.75, 3.05) is 59.3 Å². The van der Waals surface area contributed by atoms with Gasteiger partial charge in [0.2, 0.25) is 11.8 Å². The fourth-order valence-corrected chi connectivity index (χ4v) is 4.02. The summed E-state index contributed by atoms with van der Waals surface area (Å²) in [6.45, 7) is 3.61. The zero-order chi connectivity index (χ0) is 28.0. The van der Waals surface area contributed by atoms with E-state index in [0.29, 0.717) is 59.2 Å². The lowest BCUT2D eigenvalue weighted by Gasteiger charge is -2.27. The van der Waals surface area contributed by atoms with E-state index in [4.69, 9.17) is 24.8 Å². The van der Waals surface area contributed by atoms with Gasteiger partial charge in [-0.1, -0.05) is 6.07 Å². The number of carbonyl (C=O) groups excluding carboxylic acids is 5. The first-order chi connectivity index (χ1) is 18.9. The van der Waals surface area contributed by atoms with Crippen LogP contribution in [0.15, 0.2) is 18.2 Å². The first kappa shape index (κ1) is 30.1. The summed E-state index contributed by atoms with van der Waals surface area (Å²) in [5.41, 5.74) is 2.62. The lowest BCUT2D eigenvalue weighted by molar-refractivity contribution is -0.136. The molecule has 0 aliphatic carbocycles. The maximum atomic E-state index is 13.0. The van der Waals surface area contributed by atoms with Crippen LogP contribution in [0.25, 0.3) is 0 Å². The minimum atomic E-state index is -1.08. The van der Waals surface area contributed by atoms with Gasteiger partial charge in [-0.3, -0.25) is 45.5 Å². The van der Waals surface area contributed by atoms with Gasteiger partial charge in [-0.2, -0.15) is 0 Å². The van der Waals surface area contributed by atoms with Crippen LogP contribution in [0.4, 0.5) is 0 Å². The summed E-state index contributed by atoms with van der Waals surface area (Å²) < 4.78 is 21.8. The molecule has 2 heterocycles. The first-order valence-electron chi connectivity index (χ1n) is 12.8. The Morgan fingerprint density at radius 3 is 2.28 bits per heavy atom. The highest BCUT2D eigenvalue weighted by Gasteiger charge is 2.46. The predicted molar refractivity (Wildman–Crippen MR) is 135 cm³/mol. The molecular weight excluding hydrogens is 514 g/mol. The SMILES string of the molecule is NNCCCOCCOCCOCCCNC(=O)COc1cccc2c1C(=O)N(C1CCC(=O)NC1=O)C2=O. The lowest BCUT2D eigenvalue weighted by atomic mass is 10.0. The maximum Gasteiger partial charge on any atom is 0.266 e. The van der Waals surface area contributed by atoms with Crippen LogP contribution in [0.3, 0.4) is 0 Å². The third-order valence-electron chi connectivity index (χ3n) is 5.93. The van der Waals surface area contributed by atoms with Gasteiger partial charge in [0.25, 0.3) is 17.7 Å². The van der Waals surface area contributed by atoms with E-state index < -0.39 is 35.6 Å². The Kier molecular flexibility index (Phi) is 12.2. The van der Waals surface area contributed by atoms with Gasteiger partial charge in [0.15, 0.2) is 6.61 Å². The van der Waals surface area contributed by atoms with Crippen LogP contribution in [-0.2, 0) is 28.6 Å². The maximum absolute atomic E-state index is 13.0. The topological polar surface area (TPSA) is 188 Å². The van der Waals surface area contributed by atoms with E-state index >= 15 is 0 Å². The summed E-state index contributed by atoms with van der Waals surface area (Å²) in [5.74, 6) is 2.33. The van der Waals surface area contributed by atoms with Gasteiger partial charge in [0.1, 0.15) is 11.8 Å². The molecule has 0 saturated carbocycles. The molecular formula is C25H35N5O9. The van der Waals surface area contributed by atoms with Crippen molar-refractivity contribution in [1.82, 2.24) is 21.0 Å². The van der Waals surface area contributed by atoms with Crippen LogP contribution >= 0.6 is 0 Å². The third kappa shape index (κ3) is 8.80. The van der Waals surface area contributed by atoms with Gasteiger partial charge in [-0.15, -0.1) is 0 Å². The molecule has 0 radical (unpaired) electrons. The number of hydrogen-bond donors (Lipinski definition) is 4. The molecule has 1 unspecified atom stereocenters. The zero-order valence-electron chi connectivity index (χ0n) is 21.7. The van der Waals surface area contributed by atoms with Gasteiger partial charge >= 0.3 is 0 Å². The molecule has 39 heavy (non-hydrogen) atoms. The number of hydrazine groups is 1. The minimum Gasteiger partial charge on any atom is -0.483 e. The molecule has 1 aromatic rings. The Labute approximate surface area is 225 Å². The van der Waals surface area contributed by atoms with Crippen molar-refractivity contribution in [1.29, 1.82) is 0 Å². The van der Waals surface area contributed by atoms with Crippen LogP contribution < -0.4 is 26.6 Å². The van der Waals surface area contributed by atoms with Gasteiger partial charge in [0, 0.05) is 32.7 Å². The number of rotatable bonds is 18. The predicted octanol–water partition coefficient (Wildman–Crippen LogP) is -1.12. The van der Waals surface area contributed by atoms with Crippen LogP contribution in [0.5, 0.6) is 5.75 Å². The molecule has 0 bridgehead atoms. The molecule has 5 N–H and O–H groups in total. The average molecular weight is 550 g/mol. The second-order valence-corrected chi connectivity index (χ2v) is 8.76. The van der Waals surface area contributed by atoms with Crippen molar-refractivity contribution in [3.05, 3.63) is 29.3 Å². The van der Waals surface area contributed by atoms with Crippen LogP contribution in [0.1, 0.15) is 46.4 Å². The van der Waals surface area contributed by atoms with E-state index in [2.05, 4.69) is 16.1 Å². The monoisotopic (exact) mass is 549 g/mol. The Hall–Kier alpha value is -3.43. The van der Waals surface area contributed by atoms with E-state index in [9.17, 15) is 24.0 Å². The summed E-state index contributed by atoms with van der Waals surface area (Å²) in [7, 11) is 0. The fraction of sp³-hybridized carbons (Fsp3) is 0.560. The van der Waals surface area contributed by atoms with Gasteiger partial charge < -0.3 is 24.3 Å². The Morgan fingerprint density at radius 1 is 0.949 bits per heavy atom. The molecule has 14 nitrogen and oxygen atoms in total. The van der Waals surface area contributed by atoms with Crippen molar-refractivity contribution >= 4 is 29.5 Å². The second-order valence-electron chi connectivity index (χ2n) is 8.76. The second kappa shape index (κ2) is 15.9. The van der Waals surface area contributed by atoms with Crippen LogP contribution in [0.2, 0.25) is 0 Å². The molecule has 1 saturated heterocycles. The van der Waals surface area contributed by atoms with Gasteiger partial charge in [-0.05, 0) is 31.4 Å². The largest absolute Gasteiger partial charge is 0.483 e. The minimum absolute atomic E-state index is 0.00826. The number of nitrogens with two attached hydrogens (primary N) is 1. The van der Waals surface area contributed by atoms with Crippen LogP contribution in [-0.4, -0.2) is 99.8 Å². The summed E-state index contributed by atoms with van der Waals surface area (Å²) in [6, 6.07) is 3.38. The smallest absolute Gasteiger partial charge is 0.266 e. The average Bonchev–Trinajstić information content (AvgIpc) is 3.17. The number of hydrogen-bond acceptors (Lipinski definition) is 11. The Balaban J connectivity index is 1.31. The third-order valence-corrected chi connectivity index (χ3v) is 5.93. The lowest BCUT2D eigenvalue weighted by Crippen LogP contribution is -2.54. The fourth-order valence-electron chi connectivity index (χ4n) is 4.02. The first-order valence-corrected chi connectivity index (χ1v) is 12.8. The molecule has 2 aliphatic rings. The van der Waals surface area contributed by atoms with E-state index in [-0.39, 0.29) is 36.3 Å². The summed E-state index contributed by atoms with van der Waals surface area (Å²) >= 11 is 0. The van der Waals surface area contributed by atoms with Crippen molar-refractivity contribution in [3.8, 4) is 5.75 Å². The van der Waals surface area contributed by atoms with Crippen molar-refractivity contribution in [2.45, 2.75) is 31.7 Å². The number of fused-ring (bicyclic) bond motifs is 1. The highest BCUT2D eigenvalue weighted by molar-refractivity contribution is 6.24. The normalized spacial score (nSPS) is 16.8. The molecule has 0 aromatic heterocycles. The number of nitrogens with one attached hydrogen (secondary N) is 3. The van der Waals surface area contributed by atoms with Crippen LogP contribution in [0, 0.1) is 0 Å². The molecule has 1 aromatic carbocycles. The highest BCUT2D eigenvalue weighted by atomic mass is 16.5. The summed E-state index contributed by atoms with van der Waals surface area (Å²) in [5, 5.41) is 4.85. The van der Waals surface area contributed by atoms with Gasteiger partial charge in [0.05, 0.1) is 37.6 Å². The van der Waals surface area contributed by atoms with E-state index in [0.717, 1.165) is 11.3 Å². The number of amides is 5. The van der Waals surface area contributed by atoms with E-state index in [1.54, 1.807) is 0 Å².